The predicted octanol–water partition coefficient (Wildman–Crippen LogP) is 8.28. The van der Waals surface area contributed by atoms with E-state index in [4.69, 9.17) is 14.2 Å². The number of benzene rings is 4. The molecule has 0 N–H and O–H groups in total. The fourth-order valence-corrected chi connectivity index (χ4v) is 4.78. The van der Waals surface area contributed by atoms with E-state index in [0.717, 1.165) is 16.9 Å². The van der Waals surface area contributed by atoms with E-state index < -0.39 is 5.82 Å². The van der Waals surface area contributed by atoms with Gasteiger partial charge in [-0.3, -0.25) is 0 Å². The normalized spacial score (nSPS) is 16.4. The quantitative estimate of drug-likeness (QED) is 0.252. The molecule has 4 aromatic rings. The van der Waals surface area contributed by atoms with Crippen molar-refractivity contribution < 1.29 is 23.0 Å². The fourth-order valence-electron chi connectivity index (χ4n) is 4.78. The summed E-state index contributed by atoms with van der Waals surface area (Å²) < 4.78 is 47.4. The van der Waals surface area contributed by atoms with Gasteiger partial charge in [0.05, 0.1) is 0 Å². The van der Waals surface area contributed by atoms with Crippen LogP contribution in [0.15, 0.2) is 84.9 Å². The molecule has 3 nitrogen and oxygen atoms in total. The third-order valence-electron chi connectivity index (χ3n) is 6.81. The van der Waals surface area contributed by atoms with Crippen LogP contribution in [0.5, 0.6) is 23.0 Å². The van der Waals surface area contributed by atoms with Gasteiger partial charge in [0.15, 0.2) is 11.6 Å². The van der Waals surface area contributed by atoms with E-state index in [-0.39, 0.29) is 24.3 Å². The van der Waals surface area contributed by atoms with Crippen molar-refractivity contribution in [2.24, 2.45) is 0 Å². The Morgan fingerprint density at radius 1 is 0.722 bits per heavy atom. The summed E-state index contributed by atoms with van der Waals surface area (Å²) in [4.78, 5) is 0. The first-order valence-electron chi connectivity index (χ1n) is 12.4. The molecule has 2 aliphatic rings. The summed E-state index contributed by atoms with van der Waals surface area (Å²) in [6, 6.07) is 25.2. The van der Waals surface area contributed by atoms with E-state index in [0.29, 0.717) is 35.8 Å². The van der Waals surface area contributed by atoms with Gasteiger partial charge >= 0.3 is 0 Å². The second-order valence-electron chi connectivity index (χ2n) is 9.39. The first-order chi connectivity index (χ1) is 17.6. The Labute approximate surface area is 209 Å². The third-order valence-corrected chi connectivity index (χ3v) is 6.81. The lowest BCUT2D eigenvalue weighted by molar-refractivity contribution is 0.203. The monoisotopic (exact) mass is 484 g/mol. The van der Waals surface area contributed by atoms with Crippen molar-refractivity contribution in [2.45, 2.75) is 44.3 Å². The summed E-state index contributed by atoms with van der Waals surface area (Å²) in [7, 11) is 0. The number of halogens is 2. The summed E-state index contributed by atoms with van der Waals surface area (Å²) in [6.07, 6.45) is 3.38. The number of rotatable bonds is 8. The van der Waals surface area contributed by atoms with Gasteiger partial charge in [-0.1, -0.05) is 42.5 Å². The summed E-state index contributed by atoms with van der Waals surface area (Å²) in [5.74, 6) is 1.57. The van der Waals surface area contributed by atoms with Gasteiger partial charge in [-0.25, -0.2) is 8.78 Å². The second kappa shape index (κ2) is 9.65. The minimum absolute atomic E-state index is 0.150. The maximum Gasteiger partial charge on any atom is 0.168 e. The van der Waals surface area contributed by atoms with Gasteiger partial charge in [0.1, 0.15) is 35.8 Å². The molecule has 182 valence electrons. The maximum atomic E-state index is 14.9. The zero-order valence-electron chi connectivity index (χ0n) is 19.8. The molecular weight excluding hydrogens is 458 g/mol. The van der Waals surface area contributed by atoms with Crippen LogP contribution in [0.1, 0.15) is 53.5 Å². The lowest BCUT2D eigenvalue weighted by atomic mass is 10.1. The summed E-state index contributed by atoms with van der Waals surface area (Å²) in [5, 5.41) is 0. The Hall–Kier alpha value is -3.86. The van der Waals surface area contributed by atoms with Crippen molar-refractivity contribution >= 4 is 0 Å². The molecule has 0 spiro atoms. The van der Waals surface area contributed by atoms with Gasteiger partial charge < -0.3 is 14.2 Å². The van der Waals surface area contributed by atoms with Gasteiger partial charge in [0, 0.05) is 17.2 Å². The average molecular weight is 485 g/mol. The molecule has 36 heavy (non-hydrogen) atoms. The van der Waals surface area contributed by atoms with Gasteiger partial charge in [-0.05, 0) is 79.1 Å². The Balaban J connectivity index is 1.16. The second-order valence-corrected chi connectivity index (χ2v) is 9.39. The molecule has 6 rings (SSSR count). The Morgan fingerprint density at radius 2 is 1.47 bits per heavy atom. The van der Waals surface area contributed by atoms with Crippen LogP contribution in [0.2, 0.25) is 0 Å². The average Bonchev–Trinajstić information content (AvgIpc) is 3.66. The molecule has 1 unspecified atom stereocenters. The molecule has 1 fully saturated rings. The van der Waals surface area contributed by atoms with Crippen LogP contribution in [-0.2, 0) is 13.0 Å². The van der Waals surface area contributed by atoms with Gasteiger partial charge in [-0.15, -0.1) is 0 Å². The first kappa shape index (κ1) is 22.6. The third kappa shape index (κ3) is 4.78. The SMILES string of the molecule is Fc1cc(Oc2ccc(F)c3c2CCC3Oc2ccc(C3CC3)cc2)ccc1OCc1ccccc1. The highest BCUT2D eigenvalue weighted by Gasteiger charge is 2.31. The topological polar surface area (TPSA) is 27.7 Å². The molecule has 0 radical (unpaired) electrons. The van der Waals surface area contributed by atoms with Crippen LogP contribution in [0.3, 0.4) is 0 Å². The van der Waals surface area contributed by atoms with Crippen molar-refractivity contribution in [1.29, 1.82) is 0 Å². The molecule has 0 aliphatic heterocycles. The Morgan fingerprint density at radius 3 is 2.22 bits per heavy atom. The fraction of sp³-hybridized carbons (Fsp3) is 0.226. The van der Waals surface area contributed by atoms with Crippen LogP contribution in [0.25, 0.3) is 0 Å². The molecule has 0 saturated heterocycles. The maximum absolute atomic E-state index is 14.9. The molecule has 1 saturated carbocycles. The van der Waals surface area contributed by atoms with Gasteiger partial charge in [-0.2, -0.15) is 0 Å². The van der Waals surface area contributed by atoms with Crippen molar-refractivity contribution in [1.82, 2.24) is 0 Å². The Kier molecular flexibility index (Phi) is 6.06. The van der Waals surface area contributed by atoms with E-state index in [9.17, 15) is 8.78 Å². The van der Waals surface area contributed by atoms with Crippen LogP contribution in [-0.4, -0.2) is 0 Å². The lowest BCUT2D eigenvalue weighted by Crippen LogP contribution is -2.06. The molecule has 0 heterocycles. The van der Waals surface area contributed by atoms with Gasteiger partial charge in [0.2, 0.25) is 0 Å². The standard InChI is InChI=1S/C31H26F2O3/c32-26-14-17-28(36-24-12-15-29(27(33)18-24)34-19-20-4-2-1-3-5-20)25-13-16-30(31(25)26)35-23-10-8-22(9-11-23)21-6-7-21/h1-5,8-12,14-15,17-18,21,30H,6-7,13,16,19H2. The van der Waals surface area contributed by atoms with Crippen molar-refractivity contribution in [3.63, 3.8) is 0 Å². The molecule has 1 atom stereocenters. The number of ether oxygens (including phenoxy) is 3. The largest absolute Gasteiger partial charge is 0.486 e. The summed E-state index contributed by atoms with van der Waals surface area (Å²) in [5.41, 5.74) is 3.57. The number of fused-ring (bicyclic) bond motifs is 1. The predicted molar refractivity (Wildman–Crippen MR) is 134 cm³/mol. The minimum atomic E-state index is -0.516. The zero-order valence-corrected chi connectivity index (χ0v) is 19.8. The van der Waals surface area contributed by atoms with E-state index in [1.807, 2.05) is 42.5 Å². The zero-order chi connectivity index (χ0) is 24.5. The Bertz CT molecular complexity index is 1360. The van der Waals surface area contributed by atoms with E-state index in [2.05, 4.69) is 12.1 Å². The van der Waals surface area contributed by atoms with Crippen LogP contribution in [0.4, 0.5) is 8.78 Å². The van der Waals surface area contributed by atoms with E-state index in [1.54, 1.807) is 18.2 Å². The first-order valence-corrected chi connectivity index (χ1v) is 12.4. The lowest BCUT2D eigenvalue weighted by Gasteiger charge is -2.17. The van der Waals surface area contributed by atoms with Crippen molar-refractivity contribution in [3.8, 4) is 23.0 Å². The van der Waals surface area contributed by atoms with Crippen LogP contribution >= 0.6 is 0 Å². The van der Waals surface area contributed by atoms with Crippen LogP contribution in [0, 0.1) is 11.6 Å². The molecule has 2 aliphatic carbocycles. The highest BCUT2D eigenvalue weighted by Crippen LogP contribution is 2.44. The molecule has 0 bridgehead atoms. The van der Waals surface area contributed by atoms with Crippen LogP contribution < -0.4 is 14.2 Å². The van der Waals surface area contributed by atoms with Gasteiger partial charge in [0.25, 0.3) is 0 Å². The molecular formula is C31H26F2O3. The van der Waals surface area contributed by atoms with Crippen molar-refractivity contribution in [2.75, 3.05) is 0 Å². The highest BCUT2D eigenvalue weighted by atomic mass is 19.1. The minimum Gasteiger partial charge on any atom is -0.486 e. The molecule has 5 heteroatoms. The molecule has 4 aromatic carbocycles. The number of hydrogen-bond donors (Lipinski definition) is 0. The summed E-state index contributed by atoms with van der Waals surface area (Å²) >= 11 is 0. The van der Waals surface area contributed by atoms with E-state index >= 15 is 0 Å². The molecule has 0 aromatic heterocycles. The number of hydrogen-bond acceptors (Lipinski definition) is 3. The van der Waals surface area contributed by atoms with Crippen molar-refractivity contribution in [3.05, 3.63) is 119 Å². The summed E-state index contributed by atoms with van der Waals surface area (Å²) in [6.45, 7) is 0.272. The highest BCUT2D eigenvalue weighted by molar-refractivity contribution is 5.48. The smallest absolute Gasteiger partial charge is 0.168 e. The molecule has 0 amide bonds. The van der Waals surface area contributed by atoms with E-state index in [1.165, 1.54) is 30.5 Å².